The molecule has 1 fully saturated rings. The number of amides is 2. The van der Waals surface area contributed by atoms with Gasteiger partial charge in [-0.2, -0.15) is 0 Å². The Bertz CT molecular complexity index is 329. The third-order valence-corrected chi connectivity index (χ3v) is 3.13. The van der Waals surface area contributed by atoms with Crippen molar-refractivity contribution in [2.75, 3.05) is 26.2 Å². The van der Waals surface area contributed by atoms with Gasteiger partial charge < -0.3 is 15.3 Å². The van der Waals surface area contributed by atoms with Gasteiger partial charge in [-0.3, -0.25) is 9.69 Å². The van der Waals surface area contributed by atoms with Crippen molar-refractivity contribution in [3.05, 3.63) is 0 Å². The standard InChI is InChI=1S/C12H23N3O3/c1-9(2)13-10(16)7-15-6-5-14(11(17)18)8-12(15,3)4/h9H,5-8H2,1-4H3,(H,13,16)(H,17,18). The van der Waals surface area contributed by atoms with E-state index in [-0.39, 0.29) is 17.5 Å². The van der Waals surface area contributed by atoms with Gasteiger partial charge in [-0.25, -0.2) is 4.79 Å². The average Bonchev–Trinajstić information content (AvgIpc) is 2.19. The lowest BCUT2D eigenvalue weighted by molar-refractivity contribution is -0.125. The van der Waals surface area contributed by atoms with Crippen molar-refractivity contribution < 1.29 is 14.7 Å². The van der Waals surface area contributed by atoms with Gasteiger partial charge in [-0.1, -0.05) is 0 Å². The minimum absolute atomic E-state index is 0.0122. The van der Waals surface area contributed by atoms with Crippen LogP contribution in [0.4, 0.5) is 4.79 Å². The van der Waals surface area contributed by atoms with Crippen LogP contribution in [0.25, 0.3) is 0 Å². The molecule has 0 spiro atoms. The van der Waals surface area contributed by atoms with Crippen molar-refractivity contribution in [1.82, 2.24) is 15.1 Å². The maximum Gasteiger partial charge on any atom is 0.407 e. The number of hydrogen-bond acceptors (Lipinski definition) is 3. The molecule has 0 atom stereocenters. The van der Waals surface area contributed by atoms with Crippen LogP contribution in [0.3, 0.4) is 0 Å². The van der Waals surface area contributed by atoms with Crippen LogP contribution in [0.2, 0.25) is 0 Å². The summed E-state index contributed by atoms with van der Waals surface area (Å²) < 4.78 is 0. The van der Waals surface area contributed by atoms with Gasteiger partial charge in [-0.05, 0) is 27.7 Å². The van der Waals surface area contributed by atoms with E-state index >= 15 is 0 Å². The average molecular weight is 257 g/mol. The van der Waals surface area contributed by atoms with Gasteiger partial charge in [0.15, 0.2) is 0 Å². The topological polar surface area (TPSA) is 72.9 Å². The van der Waals surface area contributed by atoms with Gasteiger partial charge >= 0.3 is 6.09 Å². The SMILES string of the molecule is CC(C)NC(=O)CN1CCN(C(=O)O)CC1(C)C. The zero-order chi connectivity index (χ0) is 13.9. The second-order valence-corrected chi connectivity index (χ2v) is 5.66. The van der Waals surface area contributed by atoms with Gasteiger partial charge in [0, 0.05) is 31.2 Å². The Morgan fingerprint density at radius 2 is 1.94 bits per heavy atom. The van der Waals surface area contributed by atoms with E-state index in [4.69, 9.17) is 5.11 Å². The molecule has 0 saturated carbocycles. The third kappa shape index (κ3) is 3.87. The van der Waals surface area contributed by atoms with E-state index in [1.807, 2.05) is 32.6 Å². The highest BCUT2D eigenvalue weighted by atomic mass is 16.4. The molecule has 2 amide bonds. The lowest BCUT2D eigenvalue weighted by atomic mass is 9.99. The number of carboxylic acid groups (broad SMARTS) is 1. The Balaban J connectivity index is 2.58. The Morgan fingerprint density at radius 1 is 1.33 bits per heavy atom. The quantitative estimate of drug-likeness (QED) is 0.776. The first-order chi connectivity index (χ1) is 8.22. The number of carbonyl (C=O) groups excluding carboxylic acids is 1. The fourth-order valence-corrected chi connectivity index (χ4v) is 2.19. The normalized spacial score (nSPS) is 19.9. The number of rotatable bonds is 3. The van der Waals surface area contributed by atoms with E-state index in [1.165, 1.54) is 4.90 Å². The minimum atomic E-state index is -0.894. The molecule has 1 heterocycles. The van der Waals surface area contributed by atoms with Crippen molar-refractivity contribution in [3.63, 3.8) is 0 Å². The Kier molecular flexibility index (Phi) is 4.56. The van der Waals surface area contributed by atoms with Gasteiger partial charge in [0.25, 0.3) is 0 Å². The first-order valence-electron chi connectivity index (χ1n) is 6.24. The molecule has 0 aromatic heterocycles. The van der Waals surface area contributed by atoms with Gasteiger partial charge in [0.2, 0.25) is 5.91 Å². The Morgan fingerprint density at radius 3 is 2.39 bits per heavy atom. The fraction of sp³-hybridized carbons (Fsp3) is 0.833. The number of nitrogens with one attached hydrogen (secondary N) is 1. The summed E-state index contributed by atoms with van der Waals surface area (Å²) in [5.41, 5.74) is -0.315. The molecule has 104 valence electrons. The largest absolute Gasteiger partial charge is 0.465 e. The molecule has 6 heteroatoms. The third-order valence-electron chi connectivity index (χ3n) is 3.13. The minimum Gasteiger partial charge on any atom is -0.465 e. The number of nitrogens with zero attached hydrogens (tertiary/aromatic N) is 2. The van der Waals surface area contributed by atoms with Crippen molar-refractivity contribution >= 4 is 12.0 Å². The fourth-order valence-electron chi connectivity index (χ4n) is 2.19. The molecular weight excluding hydrogens is 234 g/mol. The van der Waals surface area contributed by atoms with E-state index < -0.39 is 6.09 Å². The van der Waals surface area contributed by atoms with Crippen molar-refractivity contribution in [1.29, 1.82) is 0 Å². The lowest BCUT2D eigenvalue weighted by Gasteiger charge is -2.45. The Labute approximate surface area is 108 Å². The summed E-state index contributed by atoms with van der Waals surface area (Å²) >= 11 is 0. The van der Waals surface area contributed by atoms with Gasteiger partial charge in [0.1, 0.15) is 0 Å². The molecular formula is C12H23N3O3. The highest BCUT2D eigenvalue weighted by Crippen LogP contribution is 2.20. The molecule has 0 radical (unpaired) electrons. The van der Waals surface area contributed by atoms with Crippen LogP contribution in [-0.4, -0.2) is 64.7 Å². The number of hydrogen-bond donors (Lipinski definition) is 2. The summed E-state index contributed by atoms with van der Waals surface area (Å²) in [6.45, 7) is 9.56. The lowest BCUT2D eigenvalue weighted by Crippen LogP contribution is -2.62. The van der Waals surface area contributed by atoms with E-state index in [2.05, 4.69) is 5.32 Å². The summed E-state index contributed by atoms with van der Waals surface area (Å²) in [6.07, 6.45) is -0.894. The smallest absolute Gasteiger partial charge is 0.407 e. The summed E-state index contributed by atoms with van der Waals surface area (Å²) in [4.78, 5) is 26.1. The summed E-state index contributed by atoms with van der Waals surface area (Å²) in [6, 6.07) is 0.126. The second-order valence-electron chi connectivity index (χ2n) is 5.66. The first kappa shape index (κ1) is 14.8. The zero-order valence-electron chi connectivity index (χ0n) is 11.6. The van der Waals surface area contributed by atoms with E-state index in [1.54, 1.807) is 0 Å². The number of piperazine rings is 1. The summed E-state index contributed by atoms with van der Waals surface area (Å²) in [5, 5.41) is 11.8. The summed E-state index contributed by atoms with van der Waals surface area (Å²) in [7, 11) is 0. The molecule has 0 aliphatic carbocycles. The highest BCUT2D eigenvalue weighted by molar-refractivity contribution is 5.78. The van der Waals surface area contributed by atoms with E-state index in [0.29, 0.717) is 26.2 Å². The molecule has 0 unspecified atom stereocenters. The maximum absolute atomic E-state index is 11.7. The first-order valence-corrected chi connectivity index (χ1v) is 6.24. The molecule has 1 saturated heterocycles. The van der Waals surface area contributed by atoms with Crippen LogP contribution >= 0.6 is 0 Å². The molecule has 0 bridgehead atoms. The molecule has 0 aromatic rings. The maximum atomic E-state index is 11.7. The number of carbonyl (C=O) groups is 2. The van der Waals surface area contributed by atoms with Crippen LogP contribution in [0.15, 0.2) is 0 Å². The summed E-state index contributed by atoms with van der Waals surface area (Å²) in [5.74, 6) is -0.0122. The predicted molar refractivity (Wildman–Crippen MR) is 68.5 cm³/mol. The van der Waals surface area contributed by atoms with E-state index in [9.17, 15) is 9.59 Å². The van der Waals surface area contributed by atoms with Crippen LogP contribution in [-0.2, 0) is 4.79 Å². The molecule has 1 aliphatic heterocycles. The molecule has 1 aliphatic rings. The van der Waals surface area contributed by atoms with E-state index in [0.717, 1.165) is 0 Å². The van der Waals surface area contributed by atoms with Gasteiger partial charge in [-0.15, -0.1) is 0 Å². The van der Waals surface area contributed by atoms with Crippen molar-refractivity contribution in [2.45, 2.75) is 39.3 Å². The molecule has 6 nitrogen and oxygen atoms in total. The Hall–Kier alpha value is -1.30. The van der Waals surface area contributed by atoms with Crippen LogP contribution in [0.5, 0.6) is 0 Å². The predicted octanol–water partition coefficient (Wildman–Crippen LogP) is 0.585. The van der Waals surface area contributed by atoms with Crippen molar-refractivity contribution in [3.8, 4) is 0 Å². The van der Waals surface area contributed by atoms with Crippen LogP contribution in [0.1, 0.15) is 27.7 Å². The monoisotopic (exact) mass is 257 g/mol. The van der Waals surface area contributed by atoms with Crippen molar-refractivity contribution in [2.24, 2.45) is 0 Å². The molecule has 18 heavy (non-hydrogen) atoms. The van der Waals surface area contributed by atoms with Crippen LogP contribution < -0.4 is 5.32 Å². The highest BCUT2D eigenvalue weighted by Gasteiger charge is 2.36. The molecule has 1 rings (SSSR count). The second kappa shape index (κ2) is 5.56. The molecule has 2 N–H and O–H groups in total. The molecule has 0 aromatic carbocycles. The van der Waals surface area contributed by atoms with Gasteiger partial charge in [0.05, 0.1) is 6.54 Å². The van der Waals surface area contributed by atoms with Crippen LogP contribution in [0, 0.1) is 0 Å². The zero-order valence-corrected chi connectivity index (χ0v) is 11.6.